The third kappa shape index (κ3) is 5.15. The van der Waals surface area contributed by atoms with Crippen molar-refractivity contribution in [3.8, 4) is 5.75 Å². The van der Waals surface area contributed by atoms with Gasteiger partial charge in [-0.2, -0.15) is 0 Å². The van der Waals surface area contributed by atoms with Crippen molar-refractivity contribution in [1.29, 1.82) is 0 Å². The highest BCUT2D eigenvalue weighted by molar-refractivity contribution is 7.92. The van der Waals surface area contributed by atoms with E-state index in [-0.39, 0.29) is 17.5 Å². The Kier molecular flexibility index (Phi) is 6.60. The number of para-hydroxylation sites is 2. The van der Waals surface area contributed by atoms with Crippen molar-refractivity contribution in [1.82, 2.24) is 14.9 Å². The van der Waals surface area contributed by atoms with E-state index in [0.29, 0.717) is 18.0 Å². The normalized spacial score (nSPS) is 11.3. The largest absolute Gasteiger partial charge is 0.491 e. The first-order valence-electron chi connectivity index (χ1n) is 10.5. The second-order valence-electron chi connectivity index (χ2n) is 7.37. The van der Waals surface area contributed by atoms with Gasteiger partial charge in [0.1, 0.15) is 5.75 Å². The third-order valence-electron chi connectivity index (χ3n) is 4.98. The maximum Gasteiger partial charge on any atom is 0.326 e. The molecule has 2 N–H and O–H groups in total. The van der Waals surface area contributed by atoms with Crippen molar-refractivity contribution >= 4 is 32.6 Å². The van der Waals surface area contributed by atoms with Crippen LogP contribution in [0, 0.1) is 0 Å². The van der Waals surface area contributed by atoms with E-state index in [1.165, 1.54) is 16.7 Å². The Labute approximate surface area is 192 Å². The molecule has 0 saturated heterocycles. The first-order chi connectivity index (χ1) is 16.0. The number of hydrogen-bond acceptors (Lipinski definition) is 5. The highest BCUT2D eigenvalue weighted by Gasteiger charge is 2.17. The fourth-order valence-corrected chi connectivity index (χ4v) is 4.37. The van der Waals surface area contributed by atoms with E-state index in [1.807, 2.05) is 13.0 Å². The maximum absolute atomic E-state index is 12.8. The van der Waals surface area contributed by atoms with E-state index in [2.05, 4.69) is 15.0 Å². The van der Waals surface area contributed by atoms with E-state index < -0.39 is 10.0 Å². The molecule has 2 aromatic carbocycles. The molecule has 0 aliphatic heterocycles. The standard InChI is InChI=1S/C24H24N4O4S/c1-2-15-32-23-6-4-3-5-21(23)27-33(30,31)20-9-7-18(8-10-20)16-26-24(29)28-14-12-19-17-25-13-11-22(19)28/h3-14,17,27H,2,15-16H2,1H3,(H,26,29). The number of carbonyl (C=O) groups excluding carboxylic acids is 1. The van der Waals surface area contributed by atoms with Gasteiger partial charge in [0.15, 0.2) is 0 Å². The Bertz CT molecular complexity index is 1360. The van der Waals surface area contributed by atoms with Gasteiger partial charge in [0.2, 0.25) is 0 Å². The Balaban J connectivity index is 1.42. The van der Waals surface area contributed by atoms with Crippen molar-refractivity contribution in [3.05, 3.63) is 84.8 Å². The lowest BCUT2D eigenvalue weighted by molar-refractivity contribution is 0.243. The van der Waals surface area contributed by atoms with Gasteiger partial charge in [-0.25, -0.2) is 13.2 Å². The minimum atomic E-state index is -3.80. The number of carbonyl (C=O) groups is 1. The lowest BCUT2D eigenvalue weighted by atomic mass is 10.2. The zero-order chi connectivity index (χ0) is 23.3. The summed E-state index contributed by atoms with van der Waals surface area (Å²) in [4.78, 5) is 16.7. The fourth-order valence-electron chi connectivity index (χ4n) is 3.30. The first-order valence-corrected chi connectivity index (χ1v) is 12.0. The van der Waals surface area contributed by atoms with E-state index >= 15 is 0 Å². The van der Waals surface area contributed by atoms with Crippen LogP contribution in [0.4, 0.5) is 10.5 Å². The molecule has 8 nitrogen and oxygen atoms in total. The molecule has 0 bridgehead atoms. The number of fused-ring (bicyclic) bond motifs is 1. The second-order valence-corrected chi connectivity index (χ2v) is 9.06. The van der Waals surface area contributed by atoms with Gasteiger partial charge >= 0.3 is 6.03 Å². The van der Waals surface area contributed by atoms with E-state index in [1.54, 1.807) is 61.1 Å². The summed E-state index contributed by atoms with van der Waals surface area (Å²) in [5.74, 6) is 0.482. The molecular formula is C24H24N4O4S. The zero-order valence-corrected chi connectivity index (χ0v) is 18.9. The monoisotopic (exact) mass is 464 g/mol. The lowest BCUT2D eigenvalue weighted by Crippen LogP contribution is -2.27. The molecule has 0 fully saturated rings. The number of nitrogens with one attached hydrogen (secondary N) is 2. The van der Waals surface area contributed by atoms with Gasteiger partial charge in [0.05, 0.1) is 22.7 Å². The molecule has 0 atom stereocenters. The molecule has 2 aromatic heterocycles. The molecule has 1 amide bonds. The van der Waals surface area contributed by atoms with Gasteiger partial charge in [-0.3, -0.25) is 14.3 Å². The van der Waals surface area contributed by atoms with Crippen LogP contribution >= 0.6 is 0 Å². The summed E-state index contributed by atoms with van der Waals surface area (Å²) in [6.07, 6.45) is 5.83. The number of aromatic nitrogens is 2. The van der Waals surface area contributed by atoms with E-state index in [0.717, 1.165) is 22.9 Å². The number of rotatable bonds is 8. The highest BCUT2D eigenvalue weighted by Crippen LogP contribution is 2.27. The Hall–Kier alpha value is -3.85. The van der Waals surface area contributed by atoms with Crippen molar-refractivity contribution in [2.75, 3.05) is 11.3 Å². The number of ether oxygens (including phenoxy) is 1. The smallest absolute Gasteiger partial charge is 0.326 e. The summed E-state index contributed by atoms with van der Waals surface area (Å²) in [7, 11) is -3.80. The van der Waals surface area contributed by atoms with Gasteiger partial charge in [-0.15, -0.1) is 0 Å². The van der Waals surface area contributed by atoms with Crippen molar-refractivity contribution in [2.45, 2.75) is 24.8 Å². The zero-order valence-electron chi connectivity index (χ0n) is 18.1. The molecule has 0 spiro atoms. The third-order valence-corrected chi connectivity index (χ3v) is 6.36. The number of nitrogens with zero attached hydrogens (tertiary/aromatic N) is 2. The van der Waals surface area contributed by atoms with Gasteiger partial charge in [-0.1, -0.05) is 31.2 Å². The molecule has 0 aliphatic rings. The molecule has 9 heteroatoms. The molecule has 0 radical (unpaired) electrons. The minimum Gasteiger partial charge on any atom is -0.491 e. The lowest BCUT2D eigenvalue weighted by Gasteiger charge is -2.13. The molecule has 33 heavy (non-hydrogen) atoms. The predicted molar refractivity (Wildman–Crippen MR) is 127 cm³/mol. The number of sulfonamides is 1. The summed E-state index contributed by atoms with van der Waals surface area (Å²) in [5.41, 5.74) is 1.92. The van der Waals surface area contributed by atoms with Crippen LogP contribution in [0.15, 0.2) is 84.1 Å². The van der Waals surface area contributed by atoms with E-state index in [4.69, 9.17) is 4.74 Å². The van der Waals surface area contributed by atoms with Crippen LogP contribution < -0.4 is 14.8 Å². The number of pyridine rings is 1. The van der Waals surface area contributed by atoms with Crippen LogP contribution in [0.5, 0.6) is 5.75 Å². The summed E-state index contributed by atoms with van der Waals surface area (Å²) < 4.78 is 35.4. The average molecular weight is 465 g/mol. The van der Waals surface area contributed by atoms with Crippen LogP contribution in [0.3, 0.4) is 0 Å². The average Bonchev–Trinajstić information content (AvgIpc) is 3.26. The number of anilines is 1. The van der Waals surface area contributed by atoms with Crippen LogP contribution in [-0.2, 0) is 16.6 Å². The Morgan fingerprint density at radius 1 is 1.06 bits per heavy atom. The summed E-state index contributed by atoms with van der Waals surface area (Å²) in [6, 6.07) is 16.6. The Morgan fingerprint density at radius 3 is 2.64 bits per heavy atom. The molecular weight excluding hydrogens is 440 g/mol. The molecule has 0 aliphatic carbocycles. The maximum atomic E-state index is 12.8. The first kappa shape index (κ1) is 22.3. The van der Waals surface area contributed by atoms with Gasteiger partial charge in [-0.05, 0) is 48.4 Å². The van der Waals surface area contributed by atoms with Crippen LogP contribution in [0.25, 0.3) is 10.9 Å². The fraction of sp³-hybridized carbons (Fsp3) is 0.167. The van der Waals surface area contributed by atoms with E-state index in [9.17, 15) is 13.2 Å². The molecule has 2 heterocycles. The molecule has 0 unspecified atom stereocenters. The topological polar surface area (TPSA) is 102 Å². The molecule has 4 aromatic rings. The van der Waals surface area contributed by atoms with Crippen LogP contribution in [0.2, 0.25) is 0 Å². The molecule has 0 saturated carbocycles. The minimum absolute atomic E-state index is 0.117. The molecule has 170 valence electrons. The summed E-state index contributed by atoms with van der Waals surface area (Å²) in [5, 5.41) is 3.71. The van der Waals surface area contributed by atoms with Gasteiger partial charge < -0.3 is 10.1 Å². The quantitative estimate of drug-likeness (QED) is 0.403. The Morgan fingerprint density at radius 2 is 1.85 bits per heavy atom. The SMILES string of the molecule is CCCOc1ccccc1NS(=O)(=O)c1ccc(CNC(=O)n2ccc3cnccc32)cc1. The van der Waals surface area contributed by atoms with Crippen LogP contribution in [-0.4, -0.2) is 30.6 Å². The number of amides is 1. The van der Waals surface area contributed by atoms with Crippen LogP contribution in [0.1, 0.15) is 18.9 Å². The number of benzene rings is 2. The van der Waals surface area contributed by atoms with Crippen molar-refractivity contribution in [3.63, 3.8) is 0 Å². The van der Waals surface area contributed by atoms with Gasteiger partial charge in [0.25, 0.3) is 10.0 Å². The van der Waals surface area contributed by atoms with Crippen molar-refractivity contribution < 1.29 is 17.9 Å². The predicted octanol–water partition coefficient (Wildman–Crippen LogP) is 4.38. The summed E-state index contributed by atoms with van der Waals surface area (Å²) in [6.45, 7) is 2.73. The number of hydrogen-bond donors (Lipinski definition) is 2. The molecule has 4 rings (SSSR count). The second kappa shape index (κ2) is 9.74. The van der Waals surface area contributed by atoms with Gasteiger partial charge in [0, 0.05) is 30.5 Å². The summed E-state index contributed by atoms with van der Waals surface area (Å²) >= 11 is 0. The highest BCUT2D eigenvalue weighted by atomic mass is 32.2. The van der Waals surface area contributed by atoms with Crippen molar-refractivity contribution in [2.24, 2.45) is 0 Å².